The van der Waals surface area contributed by atoms with Crippen LogP contribution in [0.5, 0.6) is 11.5 Å². The van der Waals surface area contributed by atoms with Gasteiger partial charge in [-0.3, -0.25) is 0 Å². The lowest BCUT2D eigenvalue weighted by Gasteiger charge is -2.26. The normalized spacial score (nSPS) is 10.7. The van der Waals surface area contributed by atoms with Gasteiger partial charge in [-0.1, -0.05) is 60.7 Å². The molecule has 0 radical (unpaired) electrons. The quantitative estimate of drug-likeness (QED) is 0.249. The minimum absolute atomic E-state index is 0.235. The molecule has 4 aromatic carbocycles. The molecule has 5 aromatic rings. The van der Waals surface area contributed by atoms with Crippen LogP contribution < -0.4 is 14.4 Å². The molecule has 0 saturated heterocycles. The number of aromatic nitrogens is 4. The molecule has 0 saturated carbocycles. The van der Waals surface area contributed by atoms with Gasteiger partial charge in [-0.15, -0.1) is 5.10 Å². The molecule has 2 N–H and O–H groups in total. The number of aromatic carboxylic acids is 1. The van der Waals surface area contributed by atoms with Crippen molar-refractivity contribution in [2.45, 2.75) is 13.1 Å². The molecule has 0 atom stereocenters. The first-order chi connectivity index (χ1) is 19.1. The number of nitrogens with one attached hydrogen (secondary N) is 1. The molecule has 9 heteroatoms. The van der Waals surface area contributed by atoms with Crippen molar-refractivity contribution in [1.82, 2.24) is 20.6 Å². The van der Waals surface area contributed by atoms with E-state index in [1.54, 1.807) is 32.4 Å². The number of hydrogen-bond acceptors (Lipinski definition) is 7. The fourth-order valence-corrected chi connectivity index (χ4v) is 4.50. The Bertz CT molecular complexity index is 1570. The van der Waals surface area contributed by atoms with E-state index < -0.39 is 5.97 Å². The standard InChI is InChI=1S/C30H27N5O4/c1-38-27-15-12-21(16-28(27)39-2)19-35(24-7-5-6-23(17-24)30(36)37)18-20-10-13-22(14-11-20)25-8-3-4-9-26(25)29-31-33-34-32-29/h3-17H,18-19H2,1-2H3,(H,36,37)(H,31,32,33,34). The second kappa shape index (κ2) is 11.5. The number of methoxy groups -OCH3 is 2. The van der Waals surface area contributed by atoms with E-state index in [-0.39, 0.29) is 5.56 Å². The summed E-state index contributed by atoms with van der Waals surface area (Å²) >= 11 is 0. The summed E-state index contributed by atoms with van der Waals surface area (Å²) in [5.74, 6) is 0.929. The third-order valence-corrected chi connectivity index (χ3v) is 6.45. The first kappa shape index (κ1) is 25.5. The molecule has 0 amide bonds. The van der Waals surface area contributed by atoms with E-state index in [1.165, 1.54) is 0 Å². The number of carboxylic acid groups (broad SMARTS) is 1. The molecule has 0 spiro atoms. The Kier molecular flexibility index (Phi) is 7.49. The van der Waals surface area contributed by atoms with Crippen molar-refractivity contribution < 1.29 is 19.4 Å². The van der Waals surface area contributed by atoms with Crippen LogP contribution in [-0.2, 0) is 13.1 Å². The Morgan fingerprint density at radius 3 is 2.23 bits per heavy atom. The third-order valence-electron chi connectivity index (χ3n) is 6.45. The third kappa shape index (κ3) is 5.72. The van der Waals surface area contributed by atoms with Gasteiger partial charge in [0.2, 0.25) is 0 Å². The maximum absolute atomic E-state index is 11.7. The van der Waals surface area contributed by atoms with Crippen LogP contribution in [0.3, 0.4) is 0 Å². The number of ether oxygens (including phenoxy) is 2. The Morgan fingerprint density at radius 1 is 0.821 bits per heavy atom. The van der Waals surface area contributed by atoms with E-state index in [1.807, 2.05) is 48.5 Å². The van der Waals surface area contributed by atoms with Crippen molar-refractivity contribution in [2.24, 2.45) is 0 Å². The maximum atomic E-state index is 11.7. The largest absolute Gasteiger partial charge is 0.493 e. The van der Waals surface area contributed by atoms with Gasteiger partial charge in [-0.25, -0.2) is 9.89 Å². The molecule has 0 aliphatic heterocycles. The molecular weight excluding hydrogens is 494 g/mol. The molecule has 9 nitrogen and oxygen atoms in total. The van der Waals surface area contributed by atoms with E-state index >= 15 is 0 Å². The van der Waals surface area contributed by atoms with Crippen LogP contribution in [-0.4, -0.2) is 45.9 Å². The maximum Gasteiger partial charge on any atom is 0.335 e. The topological polar surface area (TPSA) is 113 Å². The Morgan fingerprint density at radius 2 is 1.54 bits per heavy atom. The number of aromatic amines is 1. The van der Waals surface area contributed by atoms with E-state index in [2.05, 4.69) is 49.8 Å². The number of tetrazole rings is 1. The summed E-state index contributed by atoms with van der Waals surface area (Å²) < 4.78 is 10.9. The van der Waals surface area contributed by atoms with Crippen LogP contribution in [0.2, 0.25) is 0 Å². The number of benzene rings is 4. The lowest BCUT2D eigenvalue weighted by atomic mass is 9.98. The highest BCUT2D eigenvalue weighted by Crippen LogP contribution is 2.32. The van der Waals surface area contributed by atoms with Gasteiger partial charge in [-0.2, -0.15) is 0 Å². The zero-order valence-electron chi connectivity index (χ0n) is 21.5. The van der Waals surface area contributed by atoms with E-state index in [4.69, 9.17) is 9.47 Å². The van der Waals surface area contributed by atoms with Crippen molar-refractivity contribution in [3.63, 3.8) is 0 Å². The summed E-state index contributed by atoms with van der Waals surface area (Å²) in [6.45, 7) is 1.10. The number of hydrogen-bond donors (Lipinski definition) is 2. The van der Waals surface area contributed by atoms with Crippen LogP contribution in [0.4, 0.5) is 5.69 Å². The highest BCUT2D eigenvalue weighted by Gasteiger charge is 2.15. The van der Waals surface area contributed by atoms with Crippen molar-refractivity contribution in [2.75, 3.05) is 19.1 Å². The summed E-state index contributed by atoms with van der Waals surface area (Å²) in [5.41, 5.74) is 6.06. The van der Waals surface area contributed by atoms with Crippen LogP contribution >= 0.6 is 0 Å². The number of H-pyrrole nitrogens is 1. The number of anilines is 1. The smallest absolute Gasteiger partial charge is 0.335 e. The molecule has 1 aromatic heterocycles. The molecule has 1 heterocycles. The second-order valence-corrected chi connectivity index (χ2v) is 8.89. The average molecular weight is 522 g/mol. The Labute approximate surface area is 225 Å². The van der Waals surface area contributed by atoms with Gasteiger partial charge in [0, 0.05) is 24.3 Å². The minimum atomic E-state index is -0.965. The average Bonchev–Trinajstić information content (AvgIpc) is 3.52. The minimum Gasteiger partial charge on any atom is -0.493 e. The van der Waals surface area contributed by atoms with E-state index in [9.17, 15) is 9.90 Å². The van der Waals surface area contributed by atoms with Gasteiger partial charge in [0.1, 0.15) is 0 Å². The van der Waals surface area contributed by atoms with Gasteiger partial charge < -0.3 is 19.5 Å². The molecule has 0 fully saturated rings. The number of carboxylic acids is 1. The molecule has 39 heavy (non-hydrogen) atoms. The first-order valence-electron chi connectivity index (χ1n) is 12.3. The number of nitrogens with zero attached hydrogens (tertiary/aromatic N) is 4. The van der Waals surface area contributed by atoms with E-state index in [0.29, 0.717) is 30.4 Å². The van der Waals surface area contributed by atoms with E-state index in [0.717, 1.165) is 33.5 Å². The Balaban J connectivity index is 1.45. The van der Waals surface area contributed by atoms with Gasteiger partial charge in [0.05, 0.1) is 19.8 Å². The highest BCUT2D eigenvalue weighted by molar-refractivity contribution is 5.88. The molecular formula is C30H27N5O4. The molecule has 0 aliphatic rings. The monoisotopic (exact) mass is 521 g/mol. The summed E-state index contributed by atoms with van der Waals surface area (Å²) in [6.07, 6.45) is 0. The lowest BCUT2D eigenvalue weighted by Crippen LogP contribution is -2.22. The predicted molar refractivity (Wildman–Crippen MR) is 148 cm³/mol. The van der Waals surface area contributed by atoms with Crippen molar-refractivity contribution in [1.29, 1.82) is 0 Å². The summed E-state index contributed by atoms with van der Waals surface area (Å²) in [4.78, 5) is 13.8. The van der Waals surface area contributed by atoms with Crippen molar-refractivity contribution in [3.05, 3.63) is 108 Å². The first-order valence-corrected chi connectivity index (χ1v) is 12.3. The summed E-state index contributed by atoms with van der Waals surface area (Å²) in [5, 5.41) is 23.9. The molecule has 196 valence electrons. The van der Waals surface area contributed by atoms with Crippen LogP contribution in [0.25, 0.3) is 22.5 Å². The van der Waals surface area contributed by atoms with Gasteiger partial charge >= 0.3 is 5.97 Å². The van der Waals surface area contributed by atoms with Gasteiger partial charge in [0.15, 0.2) is 17.3 Å². The summed E-state index contributed by atoms with van der Waals surface area (Å²) in [7, 11) is 3.21. The zero-order chi connectivity index (χ0) is 27.2. The zero-order valence-corrected chi connectivity index (χ0v) is 21.5. The van der Waals surface area contributed by atoms with Crippen molar-refractivity contribution in [3.8, 4) is 34.0 Å². The van der Waals surface area contributed by atoms with Gasteiger partial charge in [-0.05, 0) is 63.0 Å². The lowest BCUT2D eigenvalue weighted by molar-refractivity contribution is 0.0697. The number of rotatable bonds is 10. The van der Waals surface area contributed by atoms with Gasteiger partial charge in [0.25, 0.3) is 0 Å². The predicted octanol–water partition coefficient (Wildman–Crippen LogP) is 5.46. The Hall–Kier alpha value is -5.18. The molecule has 0 unspecified atom stereocenters. The fourth-order valence-electron chi connectivity index (χ4n) is 4.50. The fraction of sp³-hybridized carbons (Fsp3) is 0.133. The van der Waals surface area contributed by atoms with Crippen LogP contribution in [0.1, 0.15) is 21.5 Å². The van der Waals surface area contributed by atoms with Crippen LogP contribution in [0, 0.1) is 0 Å². The highest BCUT2D eigenvalue weighted by atomic mass is 16.5. The number of carbonyl (C=O) groups is 1. The SMILES string of the molecule is COc1ccc(CN(Cc2ccc(-c3ccccc3-c3nnn[nH]3)cc2)c2cccc(C(=O)O)c2)cc1OC. The second-order valence-electron chi connectivity index (χ2n) is 8.89. The molecule has 5 rings (SSSR count). The van der Waals surface area contributed by atoms with Crippen LogP contribution in [0.15, 0.2) is 91.0 Å². The molecule has 0 bridgehead atoms. The molecule has 0 aliphatic carbocycles. The van der Waals surface area contributed by atoms with Crippen molar-refractivity contribution >= 4 is 11.7 Å². The summed E-state index contributed by atoms with van der Waals surface area (Å²) in [6, 6.07) is 29.0.